The van der Waals surface area contributed by atoms with Crippen LogP contribution in [0.5, 0.6) is 0 Å². The highest BCUT2D eigenvalue weighted by atomic mass is 16.2. The minimum atomic E-state index is -0.168. The summed E-state index contributed by atoms with van der Waals surface area (Å²) in [6, 6.07) is 7.87. The lowest BCUT2D eigenvalue weighted by Crippen LogP contribution is -2.45. The normalized spacial score (nSPS) is 12.0. The average molecular weight is 249 g/mol. The molecule has 0 saturated heterocycles. The summed E-state index contributed by atoms with van der Waals surface area (Å²) in [7, 11) is 0. The van der Waals surface area contributed by atoms with Crippen LogP contribution in [0.1, 0.15) is 26.3 Å². The number of hydrogen-bond donors (Lipinski definition) is 2. The van der Waals surface area contributed by atoms with Gasteiger partial charge in [-0.2, -0.15) is 0 Å². The van der Waals surface area contributed by atoms with Crippen molar-refractivity contribution in [2.45, 2.75) is 33.4 Å². The molecular weight excluding hydrogens is 226 g/mol. The van der Waals surface area contributed by atoms with E-state index in [-0.39, 0.29) is 11.9 Å². The molecule has 0 heterocycles. The van der Waals surface area contributed by atoms with Gasteiger partial charge >= 0.3 is 0 Å². The van der Waals surface area contributed by atoms with Gasteiger partial charge in [-0.15, -0.1) is 0 Å². The van der Waals surface area contributed by atoms with Crippen molar-refractivity contribution in [2.75, 3.05) is 18.0 Å². The van der Waals surface area contributed by atoms with Crippen molar-refractivity contribution < 1.29 is 4.79 Å². The number of benzene rings is 1. The topological polar surface area (TPSA) is 58.4 Å². The zero-order chi connectivity index (χ0) is 13.5. The molecule has 3 N–H and O–H groups in total. The molecule has 1 unspecified atom stereocenters. The van der Waals surface area contributed by atoms with E-state index >= 15 is 0 Å². The van der Waals surface area contributed by atoms with Crippen LogP contribution in [-0.2, 0) is 11.3 Å². The first kappa shape index (κ1) is 14.5. The molecule has 0 bridgehead atoms. The van der Waals surface area contributed by atoms with Gasteiger partial charge in [0.1, 0.15) is 6.04 Å². The summed E-state index contributed by atoms with van der Waals surface area (Å²) in [5, 5.41) is 2.85. The molecule has 0 aliphatic rings. The first-order chi connectivity index (χ1) is 8.63. The van der Waals surface area contributed by atoms with Crippen molar-refractivity contribution in [3.05, 3.63) is 29.8 Å². The van der Waals surface area contributed by atoms with Crippen LogP contribution in [0, 0.1) is 0 Å². The zero-order valence-electron chi connectivity index (χ0n) is 11.4. The quantitative estimate of drug-likeness (QED) is 0.803. The Hall–Kier alpha value is -1.55. The molecule has 4 heteroatoms. The van der Waals surface area contributed by atoms with Crippen LogP contribution in [0.3, 0.4) is 0 Å². The summed E-state index contributed by atoms with van der Waals surface area (Å²) < 4.78 is 0. The molecule has 1 aromatic carbocycles. The fraction of sp³-hybridized carbons (Fsp3) is 0.500. The van der Waals surface area contributed by atoms with Crippen molar-refractivity contribution >= 4 is 11.6 Å². The van der Waals surface area contributed by atoms with Gasteiger partial charge in [0.05, 0.1) is 0 Å². The highest BCUT2D eigenvalue weighted by Crippen LogP contribution is 2.17. The number of anilines is 1. The van der Waals surface area contributed by atoms with E-state index in [1.165, 1.54) is 0 Å². The Balaban J connectivity index is 2.84. The third-order valence-corrected chi connectivity index (χ3v) is 3.04. The van der Waals surface area contributed by atoms with Crippen LogP contribution in [0.4, 0.5) is 5.69 Å². The first-order valence-electron chi connectivity index (χ1n) is 6.47. The van der Waals surface area contributed by atoms with Crippen molar-refractivity contribution in [1.29, 1.82) is 0 Å². The highest BCUT2D eigenvalue weighted by molar-refractivity contribution is 5.84. The third-order valence-electron chi connectivity index (χ3n) is 3.04. The Morgan fingerprint density at radius 1 is 1.33 bits per heavy atom. The minimum Gasteiger partial charge on any atom is -0.360 e. The number of nitrogens with one attached hydrogen (secondary N) is 1. The molecule has 1 atom stereocenters. The molecule has 1 rings (SSSR count). The van der Waals surface area contributed by atoms with Crippen LogP contribution in [-0.4, -0.2) is 25.0 Å². The van der Waals surface area contributed by atoms with E-state index < -0.39 is 0 Å². The summed E-state index contributed by atoms with van der Waals surface area (Å²) in [4.78, 5) is 13.9. The lowest BCUT2D eigenvalue weighted by molar-refractivity contribution is -0.121. The molecule has 0 aromatic heterocycles. The molecule has 4 nitrogen and oxygen atoms in total. The molecule has 0 saturated carbocycles. The van der Waals surface area contributed by atoms with Crippen molar-refractivity contribution in [3.8, 4) is 0 Å². The molecule has 18 heavy (non-hydrogen) atoms. The molecule has 1 aromatic rings. The van der Waals surface area contributed by atoms with Gasteiger partial charge in [-0.3, -0.25) is 4.79 Å². The van der Waals surface area contributed by atoms with Crippen LogP contribution in [0.15, 0.2) is 24.3 Å². The predicted octanol–water partition coefficient (Wildman–Crippen LogP) is 1.50. The molecule has 0 aliphatic heterocycles. The minimum absolute atomic E-state index is 0.0576. The van der Waals surface area contributed by atoms with E-state index in [4.69, 9.17) is 5.73 Å². The first-order valence-corrected chi connectivity index (χ1v) is 6.47. The fourth-order valence-corrected chi connectivity index (χ4v) is 1.97. The summed E-state index contributed by atoms with van der Waals surface area (Å²) >= 11 is 0. The van der Waals surface area contributed by atoms with E-state index in [0.717, 1.165) is 17.8 Å². The lowest BCUT2D eigenvalue weighted by atomic mass is 10.1. The standard InChI is InChI=1S/C14H23N3O/c1-4-16-14(18)11(3)17(5-2)13-8-6-12(10-15)7-9-13/h6-9,11H,4-5,10,15H2,1-3H3,(H,16,18). The number of hydrogen-bond acceptors (Lipinski definition) is 3. The van der Waals surface area contributed by atoms with E-state index in [1.54, 1.807) is 0 Å². The van der Waals surface area contributed by atoms with Gasteiger partial charge in [0.25, 0.3) is 0 Å². The second-order valence-electron chi connectivity index (χ2n) is 4.23. The van der Waals surface area contributed by atoms with Crippen LogP contribution in [0.2, 0.25) is 0 Å². The number of carbonyl (C=O) groups excluding carboxylic acids is 1. The van der Waals surface area contributed by atoms with Gasteiger partial charge < -0.3 is 16.0 Å². The molecule has 0 aliphatic carbocycles. The van der Waals surface area contributed by atoms with Crippen molar-refractivity contribution in [3.63, 3.8) is 0 Å². The maximum absolute atomic E-state index is 11.9. The highest BCUT2D eigenvalue weighted by Gasteiger charge is 2.19. The largest absolute Gasteiger partial charge is 0.360 e. The number of amides is 1. The number of rotatable bonds is 6. The SMILES string of the molecule is CCNC(=O)C(C)N(CC)c1ccc(CN)cc1. The second-order valence-corrected chi connectivity index (χ2v) is 4.23. The Kier molecular flexibility index (Phi) is 5.65. The van der Waals surface area contributed by atoms with Crippen LogP contribution >= 0.6 is 0 Å². The number of likely N-dealkylation sites (N-methyl/N-ethyl adjacent to an activating group) is 2. The number of nitrogens with two attached hydrogens (primary N) is 1. The van der Waals surface area contributed by atoms with E-state index in [2.05, 4.69) is 10.2 Å². The van der Waals surface area contributed by atoms with E-state index in [1.807, 2.05) is 45.0 Å². The monoisotopic (exact) mass is 249 g/mol. The second kappa shape index (κ2) is 7.01. The molecule has 0 fully saturated rings. The predicted molar refractivity (Wildman–Crippen MR) is 75.5 cm³/mol. The summed E-state index contributed by atoms with van der Waals surface area (Å²) in [5.41, 5.74) is 7.73. The van der Waals surface area contributed by atoms with Gasteiger partial charge in [0.2, 0.25) is 5.91 Å². The Labute approximate surface area is 109 Å². The molecule has 100 valence electrons. The number of carbonyl (C=O) groups is 1. The lowest BCUT2D eigenvalue weighted by Gasteiger charge is -2.29. The summed E-state index contributed by atoms with van der Waals surface area (Å²) in [6.07, 6.45) is 0. The fourth-order valence-electron chi connectivity index (χ4n) is 1.97. The molecule has 1 amide bonds. The van der Waals surface area contributed by atoms with Gasteiger partial charge in [-0.25, -0.2) is 0 Å². The summed E-state index contributed by atoms with van der Waals surface area (Å²) in [5.74, 6) is 0.0576. The van der Waals surface area contributed by atoms with Crippen molar-refractivity contribution in [2.24, 2.45) is 5.73 Å². The maximum Gasteiger partial charge on any atom is 0.242 e. The Morgan fingerprint density at radius 2 is 1.94 bits per heavy atom. The van der Waals surface area contributed by atoms with Crippen LogP contribution < -0.4 is 16.0 Å². The smallest absolute Gasteiger partial charge is 0.242 e. The Morgan fingerprint density at radius 3 is 2.39 bits per heavy atom. The Bertz CT molecular complexity index is 375. The van der Waals surface area contributed by atoms with Gasteiger partial charge in [-0.1, -0.05) is 12.1 Å². The van der Waals surface area contributed by atoms with Gasteiger partial charge in [0.15, 0.2) is 0 Å². The van der Waals surface area contributed by atoms with E-state index in [0.29, 0.717) is 13.1 Å². The maximum atomic E-state index is 11.9. The van der Waals surface area contributed by atoms with Crippen LogP contribution in [0.25, 0.3) is 0 Å². The third kappa shape index (κ3) is 3.47. The molecular formula is C14H23N3O. The molecule has 0 radical (unpaired) electrons. The van der Waals surface area contributed by atoms with E-state index in [9.17, 15) is 4.79 Å². The summed E-state index contributed by atoms with van der Waals surface area (Å²) in [6.45, 7) is 7.89. The van der Waals surface area contributed by atoms with Crippen molar-refractivity contribution in [1.82, 2.24) is 5.32 Å². The molecule has 0 spiro atoms. The average Bonchev–Trinajstić information content (AvgIpc) is 2.40. The van der Waals surface area contributed by atoms with Gasteiger partial charge in [0, 0.05) is 25.3 Å². The van der Waals surface area contributed by atoms with Gasteiger partial charge in [-0.05, 0) is 38.5 Å². The number of nitrogens with zero attached hydrogens (tertiary/aromatic N) is 1. The zero-order valence-corrected chi connectivity index (χ0v) is 11.4.